The van der Waals surface area contributed by atoms with Crippen LogP contribution >= 0.6 is 0 Å². The van der Waals surface area contributed by atoms with Gasteiger partial charge in [-0.25, -0.2) is 8.78 Å². The summed E-state index contributed by atoms with van der Waals surface area (Å²) in [6, 6.07) is 3.57. The van der Waals surface area contributed by atoms with E-state index in [1.807, 2.05) is 6.92 Å². The third kappa shape index (κ3) is 5.13. The van der Waals surface area contributed by atoms with E-state index in [0.717, 1.165) is 55.4 Å². The molecule has 1 saturated carbocycles. The molecule has 0 bridgehead atoms. The topological polar surface area (TPSA) is 0 Å². The fraction of sp³-hybridized carbons (Fsp3) is 0.615. The Hall–Kier alpha value is -1.44. The maximum atomic E-state index is 14.6. The molecule has 0 amide bonds. The van der Waals surface area contributed by atoms with Gasteiger partial charge >= 0.3 is 0 Å². The maximum Gasteiger partial charge on any atom is 0.166 e. The summed E-state index contributed by atoms with van der Waals surface area (Å²) in [5.41, 5.74) is 2.00. The molecular weight excluding hydrogens is 350 g/mol. The predicted octanol–water partition coefficient (Wildman–Crippen LogP) is 8.26. The minimum absolute atomic E-state index is 0.488. The van der Waals surface area contributed by atoms with E-state index in [9.17, 15) is 8.78 Å². The van der Waals surface area contributed by atoms with Crippen molar-refractivity contribution in [2.45, 2.75) is 84.5 Å². The molecule has 0 aromatic heterocycles. The summed E-state index contributed by atoms with van der Waals surface area (Å²) in [4.78, 5) is 0. The van der Waals surface area contributed by atoms with Gasteiger partial charge in [-0.15, -0.1) is 0 Å². The molecule has 1 unspecified atom stereocenters. The maximum absolute atomic E-state index is 14.6. The molecule has 2 heteroatoms. The zero-order chi connectivity index (χ0) is 19.9. The van der Waals surface area contributed by atoms with Gasteiger partial charge in [0.2, 0.25) is 0 Å². The molecule has 1 atom stereocenters. The van der Waals surface area contributed by atoms with Crippen LogP contribution in [0.3, 0.4) is 0 Å². The van der Waals surface area contributed by atoms with Gasteiger partial charge in [-0.3, -0.25) is 0 Å². The molecule has 0 saturated heterocycles. The van der Waals surface area contributed by atoms with E-state index >= 15 is 0 Å². The van der Waals surface area contributed by atoms with E-state index in [1.54, 1.807) is 12.1 Å². The van der Waals surface area contributed by atoms with Crippen LogP contribution in [0.4, 0.5) is 8.78 Å². The number of aryl methyl sites for hydroxylation is 1. The first-order valence-electron chi connectivity index (χ1n) is 11.4. The first-order valence-corrected chi connectivity index (χ1v) is 11.4. The van der Waals surface area contributed by atoms with Crippen LogP contribution in [0.25, 0.3) is 5.57 Å². The quantitative estimate of drug-likeness (QED) is 0.414. The van der Waals surface area contributed by atoms with Gasteiger partial charge in [0.15, 0.2) is 11.6 Å². The molecule has 154 valence electrons. The highest BCUT2D eigenvalue weighted by molar-refractivity contribution is 5.67. The smallest absolute Gasteiger partial charge is 0.166 e. The summed E-state index contributed by atoms with van der Waals surface area (Å²) < 4.78 is 28.9. The third-order valence-electron chi connectivity index (χ3n) is 6.91. The molecule has 0 heterocycles. The monoisotopic (exact) mass is 386 g/mol. The van der Waals surface area contributed by atoms with Gasteiger partial charge in [0, 0.05) is 5.56 Å². The molecule has 0 nitrogen and oxygen atoms in total. The fourth-order valence-corrected chi connectivity index (χ4v) is 5.18. The molecule has 1 fully saturated rings. The third-order valence-corrected chi connectivity index (χ3v) is 6.91. The Morgan fingerprint density at radius 3 is 2.36 bits per heavy atom. The Morgan fingerprint density at radius 2 is 1.71 bits per heavy atom. The van der Waals surface area contributed by atoms with Crippen LogP contribution in [0, 0.1) is 29.4 Å². The lowest BCUT2D eigenvalue weighted by Gasteiger charge is -2.35. The molecule has 28 heavy (non-hydrogen) atoms. The number of allylic oxidation sites excluding steroid dienone is 4. The van der Waals surface area contributed by atoms with Crippen LogP contribution in [0.15, 0.2) is 30.4 Å². The van der Waals surface area contributed by atoms with Gasteiger partial charge in [0.1, 0.15) is 0 Å². The highest BCUT2D eigenvalue weighted by Gasteiger charge is 2.29. The van der Waals surface area contributed by atoms with Gasteiger partial charge in [-0.05, 0) is 93.1 Å². The van der Waals surface area contributed by atoms with Gasteiger partial charge < -0.3 is 0 Å². The molecule has 0 spiro atoms. The van der Waals surface area contributed by atoms with Crippen LogP contribution in [-0.4, -0.2) is 0 Å². The standard InChI is InChI=1S/C26H36F2/c1-3-5-6-8-19-9-11-20(12-10-19)21-13-15-22(16-14-21)24-18-17-23(7-4-2)25(27)26(24)28/h5-6,15,17-21H,3-4,7-14,16H2,1-2H3. The minimum Gasteiger partial charge on any atom is -0.203 e. The molecule has 2 aliphatic carbocycles. The van der Waals surface area contributed by atoms with Gasteiger partial charge in [-0.1, -0.05) is 50.6 Å². The van der Waals surface area contributed by atoms with Crippen LogP contribution in [0.2, 0.25) is 0 Å². The van der Waals surface area contributed by atoms with Gasteiger partial charge in [0.05, 0.1) is 0 Å². The second kappa shape index (κ2) is 10.4. The number of rotatable bonds is 7. The molecular formula is C26H36F2. The van der Waals surface area contributed by atoms with Crippen molar-refractivity contribution in [2.75, 3.05) is 0 Å². The molecule has 2 aliphatic rings. The van der Waals surface area contributed by atoms with Crippen molar-refractivity contribution in [2.24, 2.45) is 17.8 Å². The predicted molar refractivity (Wildman–Crippen MR) is 115 cm³/mol. The fourth-order valence-electron chi connectivity index (χ4n) is 5.18. The van der Waals surface area contributed by atoms with E-state index in [0.29, 0.717) is 17.5 Å². The lowest BCUT2D eigenvalue weighted by atomic mass is 9.70. The number of hydrogen-bond acceptors (Lipinski definition) is 0. The van der Waals surface area contributed by atoms with Crippen LogP contribution in [0.1, 0.15) is 89.2 Å². The second-order valence-electron chi connectivity index (χ2n) is 8.81. The SMILES string of the molecule is CCC=CCC1CCC(C2CC=C(c3ccc(CCC)c(F)c3F)CC2)CC1. The minimum atomic E-state index is -0.642. The summed E-state index contributed by atoms with van der Waals surface area (Å²) in [5, 5.41) is 0. The van der Waals surface area contributed by atoms with Crippen molar-refractivity contribution in [3.63, 3.8) is 0 Å². The van der Waals surface area contributed by atoms with E-state index in [1.165, 1.54) is 32.1 Å². The molecule has 3 rings (SSSR count). The highest BCUT2D eigenvalue weighted by Crippen LogP contribution is 2.42. The summed E-state index contributed by atoms with van der Waals surface area (Å²) >= 11 is 0. The zero-order valence-corrected chi connectivity index (χ0v) is 17.7. The van der Waals surface area contributed by atoms with Crippen molar-refractivity contribution in [1.82, 2.24) is 0 Å². The lowest BCUT2D eigenvalue weighted by molar-refractivity contribution is 0.195. The largest absolute Gasteiger partial charge is 0.203 e. The summed E-state index contributed by atoms with van der Waals surface area (Å²) in [5.74, 6) is 1.13. The summed E-state index contributed by atoms with van der Waals surface area (Å²) in [6.07, 6.45) is 19.1. The van der Waals surface area contributed by atoms with Crippen molar-refractivity contribution in [3.8, 4) is 0 Å². The average molecular weight is 387 g/mol. The Labute approximate surface area is 170 Å². The van der Waals surface area contributed by atoms with Crippen molar-refractivity contribution in [1.29, 1.82) is 0 Å². The van der Waals surface area contributed by atoms with Crippen LogP contribution < -0.4 is 0 Å². The Kier molecular flexibility index (Phi) is 7.88. The Bertz CT molecular complexity index is 693. The molecule has 0 radical (unpaired) electrons. The Morgan fingerprint density at radius 1 is 0.929 bits per heavy atom. The molecule has 0 N–H and O–H groups in total. The average Bonchev–Trinajstić information content (AvgIpc) is 2.73. The van der Waals surface area contributed by atoms with Crippen molar-refractivity contribution in [3.05, 3.63) is 53.1 Å². The number of benzene rings is 1. The summed E-state index contributed by atoms with van der Waals surface area (Å²) in [7, 11) is 0. The lowest BCUT2D eigenvalue weighted by Crippen LogP contribution is -2.23. The Balaban J connectivity index is 1.57. The van der Waals surface area contributed by atoms with Crippen LogP contribution in [0.5, 0.6) is 0 Å². The number of hydrogen-bond donors (Lipinski definition) is 0. The first-order chi connectivity index (χ1) is 13.6. The summed E-state index contributed by atoms with van der Waals surface area (Å²) in [6.45, 7) is 4.18. The van der Waals surface area contributed by atoms with Gasteiger partial charge in [-0.2, -0.15) is 0 Å². The van der Waals surface area contributed by atoms with Gasteiger partial charge in [0.25, 0.3) is 0 Å². The molecule has 1 aromatic carbocycles. The molecule has 1 aromatic rings. The second-order valence-corrected chi connectivity index (χ2v) is 8.81. The van der Waals surface area contributed by atoms with Crippen molar-refractivity contribution >= 4 is 5.57 Å². The first kappa shape index (κ1) is 21.3. The van der Waals surface area contributed by atoms with E-state index in [4.69, 9.17) is 0 Å². The highest BCUT2D eigenvalue weighted by atomic mass is 19.2. The van der Waals surface area contributed by atoms with E-state index in [-0.39, 0.29) is 0 Å². The van der Waals surface area contributed by atoms with E-state index in [2.05, 4.69) is 25.2 Å². The zero-order valence-electron chi connectivity index (χ0n) is 17.7. The van der Waals surface area contributed by atoms with Crippen molar-refractivity contribution < 1.29 is 8.78 Å². The number of halogens is 2. The normalized spacial score (nSPS) is 25.9. The molecule has 0 aliphatic heterocycles. The van der Waals surface area contributed by atoms with Crippen LogP contribution in [-0.2, 0) is 6.42 Å². The van der Waals surface area contributed by atoms with E-state index < -0.39 is 11.6 Å².